The molecule has 3 aromatic rings. The highest BCUT2D eigenvalue weighted by atomic mass is 32.2. The lowest BCUT2D eigenvalue weighted by Gasteiger charge is -2.11. The van der Waals surface area contributed by atoms with Crippen LogP contribution in [-0.4, -0.2) is 37.4 Å². The fourth-order valence-electron chi connectivity index (χ4n) is 3.29. The molecule has 0 saturated carbocycles. The molecule has 3 N–H and O–H groups in total. The van der Waals surface area contributed by atoms with Crippen molar-refractivity contribution in [3.05, 3.63) is 96.1 Å². The van der Waals surface area contributed by atoms with Crippen LogP contribution in [0.5, 0.6) is 5.75 Å². The fourth-order valence-corrected chi connectivity index (χ4v) is 4.03. The molecule has 172 valence electrons. The fraction of sp³-hybridized carbons (Fsp3) is 0.120. The molecule has 1 aromatic heterocycles. The second-order valence-electron chi connectivity index (χ2n) is 7.37. The molecule has 0 bridgehead atoms. The van der Waals surface area contributed by atoms with Crippen LogP contribution in [-0.2, 0) is 11.3 Å². The molecule has 0 unspecified atom stereocenters. The molecule has 0 spiro atoms. The van der Waals surface area contributed by atoms with E-state index < -0.39 is 11.8 Å². The van der Waals surface area contributed by atoms with Crippen molar-refractivity contribution in [3.8, 4) is 17.1 Å². The maximum Gasteiger partial charge on any atom is 0.273 e. The van der Waals surface area contributed by atoms with Crippen molar-refractivity contribution in [3.63, 3.8) is 0 Å². The third kappa shape index (κ3) is 5.81. The largest absolute Gasteiger partial charge is 0.507 e. The van der Waals surface area contributed by atoms with Crippen LogP contribution in [0.25, 0.3) is 11.4 Å². The molecule has 0 radical (unpaired) electrons. The Bertz CT molecular complexity index is 1260. The van der Waals surface area contributed by atoms with E-state index >= 15 is 0 Å². The minimum atomic E-state index is -0.605. The number of hydrogen-bond acceptors (Lipinski definition) is 6. The zero-order valence-corrected chi connectivity index (χ0v) is 19.0. The first-order valence-electron chi connectivity index (χ1n) is 10.6. The summed E-state index contributed by atoms with van der Waals surface area (Å²) in [7, 11) is 0. The third-order valence-corrected chi connectivity index (χ3v) is 5.93. The summed E-state index contributed by atoms with van der Waals surface area (Å²) in [6, 6.07) is 15.9. The minimum absolute atomic E-state index is 0.0183. The van der Waals surface area contributed by atoms with Crippen LogP contribution in [0.2, 0.25) is 0 Å². The summed E-state index contributed by atoms with van der Waals surface area (Å²) in [5.41, 5.74) is 6.80. The smallest absolute Gasteiger partial charge is 0.273 e. The first-order chi connectivity index (χ1) is 16.6. The number of thioether (sulfide) groups is 1. The number of phenolic OH excluding ortho intramolecular Hbond substituents is 1. The van der Waals surface area contributed by atoms with Gasteiger partial charge in [-0.1, -0.05) is 84.6 Å². The predicted octanol–water partition coefficient (Wildman–Crippen LogP) is 3.65. The maximum absolute atomic E-state index is 12.4. The number of aromatic nitrogens is 3. The lowest BCUT2D eigenvalue weighted by atomic mass is 10.2. The summed E-state index contributed by atoms with van der Waals surface area (Å²) in [5, 5.41) is 19.0. The lowest BCUT2D eigenvalue weighted by Crippen LogP contribution is -2.42. The van der Waals surface area contributed by atoms with Crippen LogP contribution < -0.4 is 10.9 Å². The summed E-state index contributed by atoms with van der Waals surface area (Å²) in [6.45, 7) is 0.559. The number of phenols is 1. The third-order valence-electron chi connectivity index (χ3n) is 4.96. The van der Waals surface area contributed by atoms with E-state index in [1.54, 1.807) is 12.1 Å². The van der Waals surface area contributed by atoms with E-state index in [2.05, 4.69) is 33.2 Å². The second-order valence-corrected chi connectivity index (χ2v) is 8.31. The van der Waals surface area contributed by atoms with Crippen LogP contribution in [0.15, 0.2) is 95.7 Å². The Kier molecular flexibility index (Phi) is 7.56. The van der Waals surface area contributed by atoms with E-state index in [4.69, 9.17) is 0 Å². The summed E-state index contributed by atoms with van der Waals surface area (Å²) in [6.07, 6.45) is 11.1. The average Bonchev–Trinajstić information content (AvgIpc) is 3.06. The molecule has 1 aliphatic carbocycles. The molecule has 34 heavy (non-hydrogen) atoms. The number of amides is 2. The van der Waals surface area contributed by atoms with Gasteiger partial charge in [0.05, 0.1) is 17.9 Å². The van der Waals surface area contributed by atoms with E-state index in [0.29, 0.717) is 17.5 Å². The Morgan fingerprint density at radius 3 is 2.62 bits per heavy atom. The number of allylic oxidation sites excluding steroid dienone is 6. The molecule has 4 rings (SSSR count). The van der Waals surface area contributed by atoms with E-state index in [9.17, 15) is 14.7 Å². The Balaban J connectivity index is 1.44. The standard InChI is InChI=1S/C25H23N5O3S/c31-21-15-9-8-14-20(21)24(33)28-26-22(32)17-34-25-29-27-23(19-12-6-3-7-13-19)30(25)16-18-10-4-1-2-5-11-18/h1-4,6-15,31H,5,16-17H2,(H,26,32)(H,28,33). The Morgan fingerprint density at radius 2 is 1.79 bits per heavy atom. The number of carbonyl (C=O) groups is 2. The van der Waals surface area contributed by atoms with Gasteiger partial charge in [-0.15, -0.1) is 10.2 Å². The summed E-state index contributed by atoms with van der Waals surface area (Å²) >= 11 is 1.22. The SMILES string of the molecule is O=C(CSc1nnc(-c2ccccc2)n1CC1=CCC=CC=C1)NNC(=O)c1ccccc1O. The predicted molar refractivity (Wildman–Crippen MR) is 131 cm³/mol. The molecule has 2 aromatic carbocycles. The van der Waals surface area contributed by atoms with Crippen LogP contribution in [0, 0.1) is 0 Å². The van der Waals surface area contributed by atoms with Crippen molar-refractivity contribution in [2.45, 2.75) is 18.1 Å². The molecule has 0 atom stereocenters. The van der Waals surface area contributed by atoms with Gasteiger partial charge in [0.15, 0.2) is 11.0 Å². The lowest BCUT2D eigenvalue weighted by molar-refractivity contribution is -0.119. The van der Waals surface area contributed by atoms with Gasteiger partial charge < -0.3 is 5.11 Å². The van der Waals surface area contributed by atoms with Crippen molar-refractivity contribution >= 4 is 23.6 Å². The molecule has 1 heterocycles. The van der Waals surface area contributed by atoms with Gasteiger partial charge >= 0.3 is 0 Å². The van der Waals surface area contributed by atoms with Crippen molar-refractivity contribution in [2.24, 2.45) is 0 Å². The van der Waals surface area contributed by atoms with Crippen molar-refractivity contribution in [1.29, 1.82) is 0 Å². The number of hydrazine groups is 1. The van der Waals surface area contributed by atoms with E-state index in [-0.39, 0.29) is 17.1 Å². The normalized spacial score (nSPS) is 12.6. The number of para-hydroxylation sites is 1. The number of rotatable bonds is 7. The summed E-state index contributed by atoms with van der Waals surface area (Å²) in [4.78, 5) is 24.5. The molecular formula is C25H23N5O3S. The van der Waals surface area contributed by atoms with Crippen LogP contribution >= 0.6 is 11.8 Å². The topological polar surface area (TPSA) is 109 Å². The maximum atomic E-state index is 12.4. The van der Waals surface area contributed by atoms with Crippen LogP contribution in [0.4, 0.5) is 0 Å². The molecule has 8 nitrogen and oxygen atoms in total. The Labute approximate surface area is 201 Å². The van der Waals surface area contributed by atoms with Crippen LogP contribution in [0.3, 0.4) is 0 Å². The number of hydrogen-bond donors (Lipinski definition) is 3. The van der Waals surface area contributed by atoms with Gasteiger partial charge in [-0.3, -0.25) is 25.0 Å². The van der Waals surface area contributed by atoms with Crippen molar-refractivity contribution in [1.82, 2.24) is 25.6 Å². The first kappa shape index (κ1) is 23.1. The second kappa shape index (κ2) is 11.2. The monoisotopic (exact) mass is 473 g/mol. The quantitative estimate of drug-likeness (QED) is 0.357. The first-order valence-corrected chi connectivity index (χ1v) is 11.6. The van der Waals surface area contributed by atoms with Gasteiger partial charge in [0.1, 0.15) is 5.75 Å². The highest BCUT2D eigenvalue weighted by molar-refractivity contribution is 7.99. The van der Waals surface area contributed by atoms with E-state index in [1.165, 1.54) is 23.9 Å². The molecule has 0 saturated heterocycles. The number of carbonyl (C=O) groups excluding carboxylic acids is 2. The van der Waals surface area contributed by atoms with Gasteiger partial charge in [0.25, 0.3) is 5.91 Å². The van der Waals surface area contributed by atoms with Gasteiger partial charge in [0.2, 0.25) is 5.91 Å². The van der Waals surface area contributed by atoms with Crippen molar-refractivity contribution < 1.29 is 14.7 Å². The molecule has 0 fully saturated rings. The van der Waals surface area contributed by atoms with Gasteiger partial charge in [0, 0.05) is 5.56 Å². The Morgan fingerprint density at radius 1 is 1.00 bits per heavy atom. The summed E-state index contributed by atoms with van der Waals surface area (Å²) in [5.74, 6) is -0.455. The number of benzene rings is 2. The van der Waals surface area contributed by atoms with Crippen molar-refractivity contribution in [2.75, 3.05) is 5.75 Å². The highest BCUT2D eigenvalue weighted by Crippen LogP contribution is 2.25. The molecule has 2 amide bonds. The zero-order valence-electron chi connectivity index (χ0n) is 18.2. The van der Waals surface area contributed by atoms with Gasteiger partial charge in [-0.05, 0) is 24.1 Å². The molecule has 9 heteroatoms. The van der Waals surface area contributed by atoms with E-state index in [1.807, 2.05) is 53.1 Å². The number of aromatic hydroxyl groups is 1. The summed E-state index contributed by atoms with van der Waals surface area (Å²) < 4.78 is 1.98. The van der Waals surface area contributed by atoms with Gasteiger partial charge in [-0.25, -0.2) is 0 Å². The number of nitrogens with one attached hydrogen (secondary N) is 2. The number of nitrogens with zero attached hydrogens (tertiary/aromatic N) is 3. The Hall–Kier alpha value is -4.11. The molecule has 1 aliphatic rings. The molecular weight excluding hydrogens is 450 g/mol. The van der Waals surface area contributed by atoms with Gasteiger partial charge in [-0.2, -0.15) is 0 Å². The van der Waals surface area contributed by atoms with Crippen LogP contribution in [0.1, 0.15) is 16.8 Å². The zero-order chi connectivity index (χ0) is 23.8. The average molecular weight is 474 g/mol. The molecule has 0 aliphatic heterocycles. The minimum Gasteiger partial charge on any atom is -0.507 e. The highest BCUT2D eigenvalue weighted by Gasteiger charge is 2.17. The van der Waals surface area contributed by atoms with E-state index in [0.717, 1.165) is 17.6 Å².